The van der Waals surface area contributed by atoms with Gasteiger partial charge in [-0.3, -0.25) is 10.1 Å². The summed E-state index contributed by atoms with van der Waals surface area (Å²) in [5, 5.41) is 17.2. The van der Waals surface area contributed by atoms with Gasteiger partial charge in [0.15, 0.2) is 5.11 Å². The van der Waals surface area contributed by atoms with E-state index < -0.39 is 0 Å². The number of hydrogen-bond acceptors (Lipinski definition) is 4. The number of carbonyl (C=O) groups excluding carboxylic acids is 1. The van der Waals surface area contributed by atoms with Crippen molar-refractivity contribution in [2.45, 2.75) is 0 Å². The molecule has 3 rings (SSSR count). The van der Waals surface area contributed by atoms with Crippen molar-refractivity contribution in [3.8, 4) is 11.5 Å². The first-order valence-corrected chi connectivity index (χ1v) is 8.85. The number of benzene rings is 3. The maximum atomic E-state index is 12.4. The highest BCUT2D eigenvalue weighted by Gasteiger charge is 2.11. The van der Waals surface area contributed by atoms with Crippen LogP contribution in [0, 0.1) is 0 Å². The molecule has 3 aromatic rings. The molecule has 0 aliphatic carbocycles. The molecule has 0 heterocycles. The lowest BCUT2D eigenvalue weighted by Gasteiger charge is -2.12. The van der Waals surface area contributed by atoms with Gasteiger partial charge in [0, 0.05) is 16.6 Å². The molecule has 132 valence electrons. The Kier molecular flexibility index (Phi) is 5.39. The number of ether oxygens (including phenoxy) is 1. The third kappa shape index (κ3) is 3.95. The van der Waals surface area contributed by atoms with Gasteiger partial charge in [-0.25, -0.2) is 0 Å². The Morgan fingerprint density at radius 1 is 1.15 bits per heavy atom. The van der Waals surface area contributed by atoms with E-state index in [1.807, 2.05) is 18.2 Å². The van der Waals surface area contributed by atoms with Crippen LogP contribution < -0.4 is 15.4 Å². The van der Waals surface area contributed by atoms with Gasteiger partial charge in [0.05, 0.1) is 11.6 Å². The Morgan fingerprint density at radius 3 is 2.69 bits per heavy atom. The van der Waals surface area contributed by atoms with Gasteiger partial charge in [-0.05, 0) is 76.0 Å². The molecule has 0 aromatic heterocycles. The number of carbonyl (C=O) groups is 1. The zero-order chi connectivity index (χ0) is 18.7. The maximum Gasteiger partial charge on any atom is 0.257 e. The van der Waals surface area contributed by atoms with E-state index >= 15 is 0 Å². The Hall–Kier alpha value is -2.64. The fourth-order valence-electron chi connectivity index (χ4n) is 2.52. The number of amides is 1. The van der Waals surface area contributed by atoms with E-state index in [4.69, 9.17) is 17.0 Å². The van der Waals surface area contributed by atoms with Crippen LogP contribution in [0.25, 0.3) is 10.8 Å². The van der Waals surface area contributed by atoms with Gasteiger partial charge in [-0.2, -0.15) is 0 Å². The van der Waals surface area contributed by atoms with E-state index in [0.717, 1.165) is 16.5 Å². The van der Waals surface area contributed by atoms with Crippen LogP contribution in [0.15, 0.2) is 59.1 Å². The fourth-order valence-corrected chi connectivity index (χ4v) is 3.26. The van der Waals surface area contributed by atoms with Crippen LogP contribution >= 0.6 is 28.1 Å². The molecular formula is C19H15BrN2O3S. The minimum absolute atomic E-state index is 0.183. The maximum absolute atomic E-state index is 12.4. The molecule has 0 saturated heterocycles. The summed E-state index contributed by atoms with van der Waals surface area (Å²) in [6.45, 7) is 0. The van der Waals surface area contributed by atoms with Crippen LogP contribution in [-0.2, 0) is 0 Å². The number of hydrogen-bond donors (Lipinski definition) is 3. The molecule has 0 spiro atoms. The molecule has 7 heteroatoms. The molecule has 0 fully saturated rings. The van der Waals surface area contributed by atoms with Crippen LogP contribution in [0.2, 0.25) is 0 Å². The Morgan fingerprint density at radius 2 is 1.96 bits per heavy atom. The molecule has 0 bridgehead atoms. The van der Waals surface area contributed by atoms with E-state index in [9.17, 15) is 9.90 Å². The van der Waals surface area contributed by atoms with Crippen molar-refractivity contribution in [2.24, 2.45) is 0 Å². The SMILES string of the molecule is COc1ccc(C(=O)NC(=S)Nc2cccc3cc(O)ccc23)cc1Br. The van der Waals surface area contributed by atoms with E-state index in [-0.39, 0.29) is 16.8 Å². The average Bonchev–Trinajstić information content (AvgIpc) is 2.61. The lowest BCUT2D eigenvalue weighted by Crippen LogP contribution is -2.34. The highest BCUT2D eigenvalue weighted by molar-refractivity contribution is 9.10. The zero-order valence-electron chi connectivity index (χ0n) is 13.7. The molecule has 26 heavy (non-hydrogen) atoms. The van der Waals surface area contributed by atoms with Gasteiger partial charge in [0.2, 0.25) is 0 Å². The predicted molar refractivity (Wildman–Crippen MR) is 110 cm³/mol. The van der Waals surface area contributed by atoms with Crippen molar-refractivity contribution < 1.29 is 14.6 Å². The highest BCUT2D eigenvalue weighted by Crippen LogP contribution is 2.27. The minimum Gasteiger partial charge on any atom is -0.508 e. The molecule has 0 atom stereocenters. The number of methoxy groups -OCH3 is 1. The fraction of sp³-hybridized carbons (Fsp3) is 0.0526. The van der Waals surface area contributed by atoms with E-state index in [2.05, 4.69) is 26.6 Å². The molecule has 0 aliphatic heterocycles. The first-order chi connectivity index (χ1) is 12.5. The molecule has 3 aromatic carbocycles. The molecule has 1 amide bonds. The van der Waals surface area contributed by atoms with Crippen molar-refractivity contribution >= 4 is 55.6 Å². The topological polar surface area (TPSA) is 70.6 Å². The number of halogens is 1. The molecular weight excluding hydrogens is 416 g/mol. The quantitative estimate of drug-likeness (QED) is 0.535. The number of nitrogens with one attached hydrogen (secondary N) is 2. The van der Waals surface area contributed by atoms with Crippen molar-refractivity contribution in [1.82, 2.24) is 5.32 Å². The van der Waals surface area contributed by atoms with Gasteiger partial charge in [0.1, 0.15) is 11.5 Å². The number of phenolic OH excluding ortho intramolecular Hbond substituents is 1. The second-order valence-electron chi connectivity index (χ2n) is 5.47. The number of aromatic hydroxyl groups is 1. The summed E-state index contributed by atoms with van der Waals surface area (Å²) in [7, 11) is 1.56. The average molecular weight is 431 g/mol. The number of fused-ring (bicyclic) bond motifs is 1. The molecule has 3 N–H and O–H groups in total. The monoisotopic (exact) mass is 430 g/mol. The summed E-state index contributed by atoms with van der Waals surface area (Å²) < 4.78 is 5.84. The minimum atomic E-state index is -0.330. The molecule has 0 unspecified atom stereocenters. The summed E-state index contributed by atoms with van der Waals surface area (Å²) in [6.07, 6.45) is 0. The second-order valence-corrected chi connectivity index (χ2v) is 6.73. The van der Waals surface area contributed by atoms with Crippen molar-refractivity contribution in [3.63, 3.8) is 0 Å². The van der Waals surface area contributed by atoms with Crippen molar-refractivity contribution in [1.29, 1.82) is 0 Å². The number of thiocarbonyl (C=S) groups is 1. The van der Waals surface area contributed by atoms with Crippen LogP contribution in [0.5, 0.6) is 11.5 Å². The van der Waals surface area contributed by atoms with Gasteiger partial charge in [0.25, 0.3) is 5.91 Å². The van der Waals surface area contributed by atoms with Gasteiger partial charge >= 0.3 is 0 Å². The summed E-state index contributed by atoms with van der Waals surface area (Å²) in [5.41, 5.74) is 1.19. The third-order valence-corrected chi connectivity index (χ3v) is 4.58. The van der Waals surface area contributed by atoms with Crippen LogP contribution in [0.4, 0.5) is 5.69 Å². The first-order valence-electron chi connectivity index (χ1n) is 7.65. The standard InChI is InChI=1S/C19H15BrN2O3S/c1-25-17-8-5-12(10-15(17)20)18(24)22-19(26)21-16-4-2-3-11-9-13(23)6-7-14(11)16/h2-10,23H,1H3,(H2,21,22,24,26). The molecule has 0 saturated carbocycles. The Bertz CT molecular complexity index is 1010. The largest absolute Gasteiger partial charge is 0.508 e. The second kappa shape index (κ2) is 7.72. The molecule has 5 nitrogen and oxygen atoms in total. The Balaban J connectivity index is 1.75. The van der Waals surface area contributed by atoms with Crippen LogP contribution in [0.1, 0.15) is 10.4 Å². The highest BCUT2D eigenvalue weighted by atomic mass is 79.9. The summed E-state index contributed by atoms with van der Waals surface area (Å²) in [4.78, 5) is 12.4. The first kappa shape index (κ1) is 18.2. The normalized spacial score (nSPS) is 10.4. The lowest BCUT2D eigenvalue weighted by atomic mass is 10.1. The van der Waals surface area contributed by atoms with Gasteiger partial charge in [-0.1, -0.05) is 12.1 Å². The summed E-state index contributed by atoms with van der Waals surface area (Å²) in [6, 6.07) is 15.7. The van der Waals surface area contributed by atoms with Crippen LogP contribution in [0.3, 0.4) is 0 Å². The molecule has 0 radical (unpaired) electrons. The van der Waals surface area contributed by atoms with E-state index in [0.29, 0.717) is 15.8 Å². The number of rotatable bonds is 3. The summed E-state index contributed by atoms with van der Waals surface area (Å²) >= 11 is 8.61. The van der Waals surface area contributed by atoms with E-state index in [1.165, 1.54) is 0 Å². The lowest BCUT2D eigenvalue weighted by molar-refractivity contribution is 0.0977. The Labute approximate surface area is 164 Å². The summed E-state index contributed by atoms with van der Waals surface area (Å²) in [5.74, 6) is 0.501. The van der Waals surface area contributed by atoms with Gasteiger partial charge < -0.3 is 15.2 Å². The van der Waals surface area contributed by atoms with Crippen molar-refractivity contribution in [2.75, 3.05) is 12.4 Å². The van der Waals surface area contributed by atoms with Gasteiger partial charge in [-0.15, -0.1) is 0 Å². The van der Waals surface area contributed by atoms with E-state index in [1.54, 1.807) is 43.5 Å². The van der Waals surface area contributed by atoms with Crippen molar-refractivity contribution in [3.05, 3.63) is 64.6 Å². The number of anilines is 1. The predicted octanol–water partition coefficient (Wildman–Crippen LogP) is 4.44. The zero-order valence-corrected chi connectivity index (χ0v) is 16.1. The smallest absolute Gasteiger partial charge is 0.257 e. The number of phenols is 1. The van der Waals surface area contributed by atoms with Crippen LogP contribution in [-0.4, -0.2) is 23.2 Å². The molecule has 0 aliphatic rings. The third-order valence-electron chi connectivity index (χ3n) is 3.75.